The van der Waals surface area contributed by atoms with Gasteiger partial charge < -0.3 is 10.2 Å². The number of hydrogen-bond acceptors (Lipinski definition) is 3. The molecule has 3 saturated carbocycles. The Labute approximate surface area is 183 Å². The smallest absolute Gasteiger partial charge is 0.0612 e. The monoisotopic (exact) mass is 413 g/mol. The van der Waals surface area contributed by atoms with Crippen molar-refractivity contribution in [2.45, 2.75) is 96.8 Å². The van der Waals surface area contributed by atoms with Crippen molar-refractivity contribution < 1.29 is 10.2 Å². The van der Waals surface area contributed by atoms with E-state index in [9.17, 15) is 10.2 Å². The average molecular weight is 414 g/mol. The Bertz CT molecular complexity index is 730. The number of fused-ring (bicyclic) bond motifs is 7. The summed E-state index contributed by atoms with van der Waals surface area (Å²) < 4.78 is 0. The number of hydrogen-bond donors (Lipinski definition) is 2. The highest BCUT2D eigenvalue weighted by atomic mass is 16.3. The Morgan fingerprint density at radius 3 is 2.60 bits per heavy atom. The third-order valence-electron chi connectivity index (χ3n) is 11.4. The number of allylic oxidation sites excluding steroid dienone is 1. The van der Waals surface area contributed by atoms with Crippen molar-refractivity contribution in [3.05, 3.63) is 11.1 Å². The molecular weight excluding hydrogens is 370 g/mol. The summed E-state index contributed by atoms with van der Waals surface area (Å²) in [5.74, 6) is 5.21. The fourth-order valence-corrected chi connectivity index (χ4v) is 9.84. The van der Waals surface area contributed by atoms with E-state index in [1.807, 2.05) is 0 Å². The van der Waals surface area contributed by atoms with E-state index in [4.69, 9.17) is 0 Å². The fraction of sp³-hybridized carbons (Fsp3) is 0.926. The molecule has 0 radical (unpaired) electrons. The molecule has 6 aliphatic rings. The largest absolute Gasteiger partial charge is 0.393 e. The first-order chi connectivity index (χ1) is 14.4. The average Bonchev–Trinajstić information content (AvgIpc) is 3.09. The molecule has 4 aliphatic carbocycles. The highest BCUT2D eigenvalue weighted by molar-refractivity contribution is 5.34. The summed E-state index contributed by atoms with van der Waals surface area (Å²) in [7, 11) is 0. The first-order valence-corrected chi connectivity index (χ1v) is 13.2. The van der Waals surface area contributed by atoms with Gasteiger partial charge in [-0.25, -0.2) is 0 Å². The van der Waals surface area contributed by atoms with E-state index in [0.29, 0.717) is 11.8 Å². The van der Waals surface area contributed by atoms with Crippen LogP contribution >= 0.6 is 0 Å². The Hall–Kier alpha value is -0.380. The first-order valence-electron chi connectivity index (χ1n) is 13.2. The molecule has 2 heterocycles. The molecule has 3 nitrogen and oxygen atoms in total. The first kappa shape index (κ1) is 20.2. The van der Waals surface area contributed by atoms with Gasteiger partial charge in [0.25, 0.3) is 0 Å². The Balaban J connectivity index is 1.31. The second kappa shape index (κ2) is 7.06. The van der Waals surface area contributed by atoms with Crippen LogP contribution in [0.4, 0.5) is 0 Å². The molecule has 168 valence electrons. The molecule has 30 heavy (non-hydrogen) atoms. The van der Waals surface area contributed by atoms with Crippen molar-refractivity contribution >= 4 is 0 Å². The van der Waals surface area contributed by atoms with Crippen LogP contribution in [0.15, 0.2) is 11.1 Å². The van der Waals surface area contributed by atoms with Crippen molar-refractivity contribution in [2.75, 3.05) is 13.1 Å². The van der Waals surface area contributed by atoms with Crippen molar-refractivity contribution in [2.24, 2.45) is 46.8 Å². The predicted octanol–water partition coefficient (Wildman–Crippen LogP) is 4.63. The van der Waals surface area contributed by atoms with Crippen LogP contribution in [0.5, 0.6) is 0 Å². The molecule has 0 aromatic rings. The molecule has 0 unspecified atom stereocenters. The quantitative estimate of drug-likeness (QED) is 0.569. The minimum Gasteiger partial charge on any atom is -0.393 e. The summed E-state index contributed by atoms with van der Waals surface area (Å²) in [6, 6.07) is 0.837. The van der Waals surface area contributed by atoms with Crippen molar-refractivity contribution in [1.82, 2.24) is 4.90 Å². The number of piperidine rings is 2. The Kier molecular flexibility index (Phi) is 4.76. The zero-order valence-corrected chi connectivity index (χ0v) is 19.4. The van der Waals surface area contributed by atoms with Gasteiger partial charge in [0.05, 0.1) is 12.2 Å². The molecule has 11 atom stereocenters. The lowest BCUT2D eigenvalue weighted by atomic mass is 9.53. The van der Waals surface area contributed by atoms with Gasteiger partial charge in [0.2, 0.25) is 0 Å². The van der Waals surface area contributed by atoms with Gasteiger partial charge in [0, 0.05) is 19.1 Å². The molecular formula is C27H43NO2. The van der Waals surface area contributed by atoms with Gasteiger partial charge in [0.15, 0.2) is 0 Å². The minimum absolute atomic E-state index is 0.197. The van der Waals surface area contributed by atoms with Crippen LogP contribution in [0.25, 0.3) is 0 Å². The van der Waals surface area contributed by atoms with Gasteiger partial charge >= 0.3 is 0 Å². The maximum absolute atomic E-state index is 11.1. The van der Waals surface area contributed by atoms with Gasteiger partial charge in [-0.2, -0.15) is 0 Å². The van der Waals surface area contributed by atoms with Crippen LogP contribution in [0.2, 0.25) is 0 Å². The molecule has 3 heteroatoms. The van der Waals surface area contributed by atoms with E-state index >= 15 is 0 Å². The van der Waals surface area contributed by atoms with Crippen molar-refractivity contribution in [1.29, 1.82) is 0 Å². The summed E-state index contributed by atoms with van der Waals surface area (Å²) in [6.45, 7) is 10.1. The molecule has 0 aromatic heterocycles. The zero-order chi connectivity index (χ0) is 20.8. The molecule has 2 N–H and O–H groups in total. The second-order valence-electron chi connectivity index (χ2n) is 12.7. The van der Waals surface area contributed by atoms with Crippen LogP contribution in [-0.2, 0) is 0 Å². The second-order valence-corrected chi connectivity index (χ2v) is 12.7. The molecule has 0 aromatic carbocycles. The summed E-state index contributed by atoms with van der Waals surface area (Å²) in [6.07, 6.45) is 10.2. The highest BCUT2D eigenvalue weighted by Crippen LogP contribution is 2.64. The Morgan fingerprint density at radius 2 is 1.77 bits per heavy atom. The van der Waals surface area contributed by atoms with Crippen LogP contribution < -0.4 is 0 Å². The van der Waals surface area contributed by atoms with E-state index in [0.717, 1.165) is 61.3 Å². The number of rotatable bonds is 0. The number of aliphatic hydroxyl groups excluding tert-OH is 2. The predicted molar refractivity (Wildman–Crippen MR) is 120 cm³/mol. The number of nitrogens with zero attached hydrogens (tertiary/aromatic N) is 1. The summed E-state index contributed by atoms with van der Waals surface area (Å²) in [5, 5.41) is 21.4. The van der Waals surface area contributed by atoms with Gasteiger partial charge in [0.1, 0.15) is 0 Å². The molecule has 6 rings (SSSR count). The van der Waals surface area contributed by atoms with Gasteiger partial charge in [-0.1, -0.05) is 31.9 Å². The third kappa shape index (κ3) is 2.80. The van der Waals surface area contributed by atoms with E-state index in [1.54, 1.807) is 11.1 Å². The lowest BCUT2D eigenvalue weighted by Crippen LogP contribution is -2.58. The number of aliphatic hydroxyl groups is 2. The van der Waals surface area contributed by atoms with Crippen LogP contribution in [0, 0.1) is 46.8 Å². The molecule has 5 fully saturated rings. The maximum Gasteiger partial charge on any atom is 0.0612 e. The van der Waals surface area contributed by atoms with Crippen molar-refractivity contribution in [3.63, 3.8) is 0 Å². The normalized spacial score (nSPS) is 55.9. The standard InChI is InChI=1S/C27H43NO2/c1-15-4-7-25-16(2)18-5-6-19-20(22(18)14-28(25)13-15)11-23-21(19)12-26(30)24-10-17(29)8-9-27(23,24)3/h15-18,20,22-26,29-30H,4-14H2,1-3H3/t15-,16+,17+,18+,20+,22+,23-,24+,25-,26+,27+/m0/s1. The zero-order valence-electron chi connectivity index (χ0n) is 19.4. The summed E-state index contributed by atoms with van der Waals surface area (Å²) in [4.78, 5) is 2.89. The van der Waals surface area contributed by atoms with Crippen molar-refractivity contribution in [3.8, 4) is 0 Å². The van der Waals surface area contributed by atoms with E-state index < -0.39 is 0 Å². The van der Waals surface area contributed by atoms with E-state index in [1.165, 1.54) is 45.2 Å². The lowest BCUT2D eigenvalue weighted by Gasteiger charge is -2.55. The molecule has 0 amide bonds. The maximum atomic E-state index is 11.1. The summed E-state index contributed by atoms with van der Waals surface area (Å²) in [5.41, 5.74) is 3.68. The van der Waals surface area contributed by atoms with E-state index in [-0.39, 0.29) is 17.6 Å². The van der Waals surface area contributed by atoms with Gasteiger partial charge in [-0.15, -0.1) is 0 Å². The van der Waals surface area contributed by atoms with Gasteiger partial charge in [-0.05, 0) is 105 Å². The minimum atomic E-state index is -0.238. The van der Waals surface area contributed by atoms with Gasteiger partial charge in [-0.3, -0.25) is 4.90 Å². The van der Waals surface area contributed by atoms with Crippen LogP contribution in [-0.4, -0.2) is 46.5 Å². The highest BCUT2D eigenvalue weighted by Gasteiger charge is 2.58. The molecule has 0 bridgehead atoms. The fourth-order valence-electron chi connectivity index (χ4n) is 9.84. The molecule has 0 spiro atoms. The Morgan fingerprint density at radius 1 is 0.933 bits per heavy atom. The van der Waals surface area contributed by atoms with Crippen LogP contribution in [0.1, 0.15) is 78.6 Å². The topological polar surface area (TPSA) is 43.7 Å². The summed E-state index contributed by atoms with van der Waals surface area (Å²) >= 11 is 0. The molecule has 2 saturated heterocycles. The third-order valence-corrected chi connectivity index (χ3v) is 11.4. The lowest BCUT2D eigenvalue weighted by molar-refractivity contribution is -0.0920. The SMILES string of the molecule is C[C@H]1CC[C@H]2[C@H](C)[C@H]3CCC4=C5C[C@@H](O)[C@H]6C[C@H](O)CC[C@]6(C)[C@H]5C[C@H]4[C@@H]3CN2C1. The molecule has 2 aliphatic heterocycles. The van der Waals surface area contributed by atoms with Crippen LogP contribution in [0.3, 0.4) is 0 Å². The van der Waals surface area contributed by atoms with E-state index in [2.05, 4.69) is 25.7 Å².